The fraction of sp³-hybridized carbons (Fsp3) is 0.300. The molecule has 9 heteroatoms. The highest BCUT2D eigenvalue weighted by molar-refractivity contribution is 14.1. The van der Waals surface area contributed by atoms with Crippen LogP contribution in [0.1, 0.15) is 45.7 Å². The number of hydrazone groups is 1. The Hall–Kier alpha value is -3.28. The summed E-state index contributed by atoms with van der Waals surface area (Å²) in [6, 6.07) is 20.2. The van der Waals surface area contributed by atoms with Crippen LogP contribution in [0.3, 0.4) is 0 Å². The standard InChI is InChI=1S/C30H36IN5O3/c1-5-36(6-2)16-15-35(3)21-23-10-7-11-24(17-23)29(37)33-28-14-13-25(31)19-27(28)30(38)34-32-20-22-9-8-12-26(18-22)39-4/h7-14,17-20H,5-6,15-16,21H2,1-4H3,(H,33,37)(H,34,38). The van der Waals surface area contributed by atoms with Crippen molar-refractivity contribution >= 4 is 46.3 Å². The van der Waals surface area contributed by atoms with E-state index < -0.39 is 5.91 Å². The van der Waals surface area contributed by atoms with Crippen LogP contribution in [0.15, 0.2) is 71.8 Å². The number of halogens is 1. The number of likely N-dealkylation sites (N-methyl/N-ethyl adjacent to an activating group) is 2. The largest absolute Gasteiger partial charge is 0.497 e. The second kappa shape index (κ2) is 15.3. The van der Waals surface area contributed by atoms with Gasteiger partial charge in [0.25, 0.3) is 11.8 Å². The zero-order chi connectivity index (χ0) is 28.2. The Labute approximate surface area is 244 Å². The Bertz CT molecular complexity index is 1290. The van der Waals surface area contributed by atoms with Gasteiger partial charge in [-0.05, 0) is 96.3 Å². The second-order valence-electron chi connectivity index (χ2n) is 9.08. The average Bonchev–Trinajstić information content (AvgIpc) is 2.94. The van der Waals surface area contributed by atoms with E-state index >= 15 is 0 Å². The highest BCUT2D eigenvalue weighted by Gasteiger charge is 2.16. The summed E-state index contributed by atoms with van der Waals surface area (Å²) < 4.78 is 6.08. The summed E-state index contributed by atoms with van der Waals surface area (Å²) >= 11 is 2.13. The number of carbonyl (C=O) groups excluding carboxylic acids is 2. The Morgan fingerprint density at radius 2 is 1.74 bits per heavy atom. The second-order valence-corrected chi connectivity index (χ2v) is 10.3. The molecule has 0 saturated carbocycles. The predicted molar refractivity (Wildman–Crippen MR) is 166 cm³/mol. The first-order valence-electron chi connectivity index (χ1n) is 12.9. The minimum atomic E-state index is -0.425. The molecule has 0 bridgehead atoms. The molecule has 3 aromatic rings. The van der Waals surface area contributed by atoms with Crippen LogP contribution in [0.25, 0.3) is 0 Å². The number of hydrogen-bond acceptors (Lipinski definition) is 6. The number of carbonyl (C=O) groups is 2. The number of hydrogen-bond donors (Lipinski definition) is 2. The van der Waals surface area contributed by atoms with Gasteiger partial charge >= 0.3 is 0 Å². The Morgan fingerprint density at radius 3 is 2.49 bits per heavy atom. The topological polar surface area (TPSA) is 86.3 Å². The smallest absolute Gasteiger partial charge is 0.273 e. The zero-order valence-electron chi connectivity index (χ0n) is 22.9. The number of nitrogens with one attached hydrogen (secondary N) is 2. The Kier molecular flexibility index (Phi) is 11.9. The lowest BCUT2D eigenvalue weighted by Crippen LogP contribution is -2.32. The van der Waals surface area contributed by atoms with Gasteiger partial charge in [-0.25, -0.2) is 5.43 Å². The molecule has 3 rings (SSSR count). The molecule has 8 nitrogen and oxygen atoms in total. The van der Waals surface area contributed by atoms with Gasteiger partial charge < -0.3 is 19.9 Å². The summed E-state index contributed by atoms with van der Waals surface area (Å²) in [6.45, 7) is 9.10. The van der Waals surface area contributed by atoms with Gasteiger partial charge in [-0.2, -0.15) is 5.10 Å². The number of rotatable bonds is 13. The third-order valence-corrected chi connectivity index (χ3v) is 6.95. The van der Waals surface area contributed by atoms with Crippen LogP contribution in [0, 0.1) is 3.57 Å². The monoisotopic (exact) mass is 641 g/mol. The molecule has 0 heterocycles. The number of nitrogens with zero attached hydrogens (tertiary/aromatic N) is 3. The molecular weight excluding hydrogens is 605 g/mol. The van der Waals surface area contributed by atoms with E-state index in [-0.39, 0.29) is 5.91 Å². The van der Waals surface area contributed by atoms with Gasteiger partial charge in [0, 0.05) is 28.8 Å². The van der Waals surface area contributed by atoms with Gasteiger partial charge in [0.05, 0.1) is 24.6 Å². The normalized spacial score (nSPS) is 11.3. The predicted octanol–water partition coefficient (Wildman–Crippen LogP) is 5.09. The van der Waals surface area contributed by atoms with Crippen molar-refractivity contribution in [1.82, 2.24) is 15.2 Å². The summed E-state index contributed by atoms with van der Waals surface area (Å²) in [5.41, 5.74) is 5.66. The first-order chi connectivity index (χ1) is 18.8. The Morgan fingerprint density at radius 1 is 0.974 bits per heavy atom. The van der Waals surface area contributed by atoms with Crippen LogP contribution in [-0.4, -0.2) is 68.2 Å². The van der Waals surface area contributed by atoms with Gasteiger partial charge in [0.2, 0.25) is 0 Å². The number of ether oxygens (including phenoxy) is 1. The van der Waals surface area contributed by atoms with E-state index in [1.54, 1.807) is 25.3 Å². The molecule has 2 amide bonds. The number of amides is 2. The fourth-order valence-electron chi connectivity index (χ4n) is 4.01. The van der Waals surface area contributed by atoms with Crippen molar-refractivity contribution < 1.29 is 14.3 Å². The van der Waals surface area contributed by atoms with E-state index in [4.69, 9.17) is 4.74 Å². The van der Waals surface area contributed by atoms with Crippen LogP contribution in [0.2, 0.25) is 0 Å². The first kappa shape index (κ1) is 30.3. The molecule has 0 atom stereocenters. The van der Waals surface area contributed by atoms with Crippen molar-refractivity contribution in [2.45, 2.75) is 20.4 Å². The quantitative estimate of drug-likeness (QED) is 0.154. The van der Waals surface area contributed by atoms with Crippen LogP contribution in [0.5, 0.6) is 5.75 Å². The molecule has 0 aromatic heterocycles. The van der Waals surface area contributed by atoms with E-state index in [0.717, 1.165) is 47.4 Å². The third-order valence-electron chi connectivity index (χ3n) is 6.28. The highest BCUT2D eigenvalue weighted by atomic mass is 127. The third kappa shape index (κ3) is 9.45. The maximum absolute atomic E-state index is 13.2. The van der Waals surface area contributed by atoms with Gasteiger partial charge in [-0.3, -0.25) is 9.59 Å². The molecular formula is C30H36IN5O3. The van der Waals surface area contributed by atoms with Crippen LogP contribution >= 0.6 is 22.6 Å². The Balaban J connectivity index is 1.67. The number of methoxy groups -OCH3 is 1. The van der Waals surface area contributed by atoms with Crippen molar-refractivity contribution in [2.75, 3.05) is 45.7 Å². The lowest BCUT2D eigenvalue weighted by molar-refractivity contribution is 0.0956. The first-order valence-corrected chi connectivity index (χ1v) is 14.0. The molecule has 0 aliphatic rings. The molecule has 0 fully saturated rings. The van der Waals surface area contributed by atoms with Crippen LogP contribution in [0.4, 0.5) is 5.69 Å². The number of anilines is 1. The van der Waals surface area contributed by atoms with Crippen molar-refractivity contribution in [1.29, 1.82) is 0 Å². The van der Waals surface area contributed by atoms with E-state index in [2.05, 4.69) is 69.1 Å². The molecule has 0 aliphatic carbocycles. The summed E-state index contributed by atoms with van der Waals surface area (Å²) in [7, 11) is 3.68. The molecule has 3 aromatic carbocycles. The van der Waals surface area contributed by atoms with Crippen molar-refractivity contribution in [3.8, 4) is 5.75 Å². The van der Waals surface area contributed by atoms with Gasteiger partial charge in [-0.1, -0.05) is 38.1 Å². The minimum absolute atomic E-state index is 0.280. The SMILES string of the molecule is CCN(CC)CCN(C)Cc1cccc(C(=O)Nc2ccc(I)cc2C(=O)NN=Cc2cccc(OC)c2)c1. The summed E-state index contributed by atoms with van der Waals surface area (Å²) in [6.07, 6.45) is 1.54. The van der Waals surface area contributed by atoms with Crippen LogP contribution < -0.4 is 15.5 Å². The molecule has 39 heavy (non-hydrogen) atoms. The lowest BCUT2D eigenvalue weighted by atomic mass is 10.1. The summed E-state index contributed by atoms with van der Waals surface area (Å²) in [5.74, 6) is -0.00689. The fourth-order valence-corrected chi connectivity index (χ4v) is 4.50. The molecule has 0 unspecified atom stereocenters. The maximum Gasteiger partial charge on any atom is 0.273 e. The minimum Gasteiger partial charge on any atom is -0.497 e. The van der Waals surface area contributed by atoms with Crippen LogP contribution in [-0.2, 0) is 6.54 Å². The molecule has 206 valence electrons. The van der Waals surface area contributed by atoms with Crippen molar-refractivity contribution in [2.24, 2.45) is 5.10 Å². The molecule has 0 saturated heterocycles. The molecule has 2 N–H and O–H groups in total. The van der Waals surface area contributed by atoms with Crippen molar-refractivity contribution in [3.05, 3.63) is 92.6 Å². The van der Waals surface area contributed by atoms with Gasteiger partial charge in [-0.15, -0.1) is 0 Å². The number of benzene rings is 3. The maximum atomic E-state index is 13.2. The lowest BCUT2D eigenvalue weighted by Gasteiger charge is -2.23. The molecule has 0 spiro atoms. The van der Waals surface area contributed by atoms with E-state index in [1.807, 2.05) is 48.5 Å². The van der Waals surface area contributed by atoms with E-state index in [9.17, 15) is 9.59 Å². The highest BCUT2D eigenvalue weighted by Crippen LogP contribution is 2.20. The van der Waals surface area contributed by atoms with E-state index in [0.29, 0.717) is 22.6 Å². The van der Waals surface area contributed by atoms with Gasteiger partial charge in [0.1, 0.15) is 5.75 Å². The molecule has 0 aliphatic heterocycles. The average molecular weight is 642 g/mol. The van der Waals surface area contributed by atoms with Crippen molar-refractivity contribution in [3.63, 3.8) is 0 Å². The molecule has 0 radical (unpaired) electrons. The summed E-state index contributed by atoms with van der Waals surface area (Å²) in [5, 5.41) is 6.98. The zero-order valence-corrected chi connectivity index (χ0v) is 25.1. The van der Waals surface area contributed by atoms with E-state index in [1.165, 1.54) is 6.21 Å². The summed E-state index contributed by atoms with van der Waals surface area (Å²) in [4.78, 5) is 30.8. The van der Waals surface area contributed by atoms with Gasteiger partial charge in [0.15, 0.2) is 0 Å².